The summed E-state index contributed by atoms with van der Waals surface area (Å²) >= 11 is 0. The van der Waals surface area contributed by atoms with E-state index in [4.69, 9.17) is 4.74 Å². The largest absolute Gasteiger partial charge is 0.463 e. The van der Waals surface area contributed by atoms with Crippen LogP contribution in [0.2, 0.25) is 0 Å². The molecule has 6 heteroatoms. The molecule has 1 saturated heterocycles. The fourth-order valence-electron chi connectivity index (χ4n) is 3.48. The van der Waals surface area contributed by atoms with E-state index in [2.05, 4.69) is 4.74 Å². The molecule has 0 aromatic heterocycles. The normalized spacial score (nSPS) is 28.1. The highest BCUT2D eigenvalue weighted by Crippen LogP contribution is 2.43. The van der Waals surface area contributed by atoms with Gasteiger partial charge in [0.1, 0.15) is 0 Å². The molecule has 0 aromatic carbocycles. The number of amides is 1. The molecule has 3 unspecified atom stereocenters. The topological polar surface area (TPSA) is 72.9 Å². The number of ether oxygens (including phenoxy) is 2. The van der Waals surface area contributed by atoms with Crippen molar-refractivity contribution in [2.24, 2.45) is 11.8 Å². The summed E-state index contributed by atoms with van der Waals surface area (Å²) in [4.78, 5) is 36.7. The van der Waals surface area contributed by atoms with Crippen LogP contribution in [0.1, 0.15) is 32.6 Å². The Bertz CT molecular complexity index is 408. The number of ketones is 1. The summed E-state index contributed by atoms with van der Waals surface area (Å²) < 4.78 is 9.50. The van der Waals surface area contributed by atoms with Crippen molar-refractivity contribution in [3.8, 4) is 0 Å². The van der Waals surface area contributed by atoms with Gasteiger partial charge in [0.15, 0.2) is 0 Å². The van der Waals surface area contributed by atoms with Crippen LogP contribution in [0.15, 0.2) is 0 Å². The molecule has 0 radical (unpaired) electrons. The van der Waals surface area contributed by atoms with Gasteiger partial charge in [-0.15, -0.1) is 0 Å². The average Bonchev–Trinajstić information content (AvgIpc) is 3.00. The van der Waals surface area contributed by atoms with E-state index < -0.39 is 11.8 Å². The second kappa shape index (κ2) is 6.24. The molecule has 1 aliphatic carbocycles. The predicted molar refractivity (Wildman–Crippen MR) is 70.0 cm³/mol. The van der Waals surface area contributed by atoms with Crippen LogP contribution in [0.5, 0.6) is 0 Å². The van der Waals surface area contributed by atoms with Crippen molar-refractivity contribution in [2.75, 3.05) is 20.3 Å². The Hall–Kier alpha value is -1.59. The van der Waals surface area contributed by atoms with Gasteiger partial charge in [0.2, 0.25) is 5.78 Å². The second-order valence-corrected chi connectivity index (χ2v) is 5.39. The molecule has 112 valence electrons. The molecule has 1 aliphatic heterocycles. The highest BCUT2D eigenvalue weighted by molar-refractivity contribution is 6.33. The first kappa shape index (κ1) is 14.8. The van der Waals surface area contributed by atoms with E-state index in [1.807, 2.05) is 0 Å². The molecule has 2 rings (SSSR count). The van der Waals surface area contributed by atoms with E-state index >= 15 is 0 Å². The van der Waals surface area contributed by atoms with Gasteiger partial charge in [0.25, 0.3) is 0 Å². The fraction of sp³-hybridized carbons (Fsp3) is 0.786. The molecule has 1 saturated carbocycles. The van der Waals surface area contributed by atoms with Crippen LogP contribution in [-0.2, 0) is 19.1 Å². The lowest BCUT2D eigenvalue weighted by molar-refractivity contribution is -0.152. The summed E-state index contributed by atoms with van der Waals surface area (Å²) in [5.41, 5.74) is 0. The SMILES string of the molecule is CCOC(=O)N1CC2CCCC2C1CC(=O)C(=O)OC. The van der Waals surface area contributed by atoms with Crippen LogP contribution in [0.4, 0.5) is 4.79 Å². The Morgan fingerprint density at radius 2 is 2.00 bits per heavy atom. The number of hydrogen-bond acceptors (Lipinski definition) is 5. The van der Waals surface area contributed by atoms with Gasteiger partial charge in [0, 0.05) is 19.0 Å². The zero-order valence-electron chi connectivity index (χ0n) is 12.0. The minimum atomic E-state index is -0.838. The summed E-state index contributed by atoms with van der Waals surface area (Å²) in [6.45, 7) is 2.69. The minimum Gasteiger partial charge on any atom is -0.463 e. The molecule has 0 aromatic rings. The molecule has 1 amide bonds. The zero-order valence-corrected chi connectivity index (χ0v) is 12.0. The monoisotopic (exact) mass is 283 g/mol. The molecular weight excluding hydrogens is 262 g/mol. The van der Waals surface area contributed by atoms with Gasteiger partial charge in [-0.1, -0.05) is 6.42 Å². The third-order valence-corrected chi connectivity index (χ3v) is 4.35. The number of hydrogen-bond donors (Lipinski definition) is 0. The number of fused-ring (bicyclic) bond motifs is 1. The van der Waals surface area contributed by atoms with Crippen LogP contribution in [0, 0.1) is 11.8 Å². The standard InChI is InChI=1S/C14H21NO5/c1-3-20-14(18)15-8-9-5-4-6-10(9)11(15)7-12(16)13(17)19-2/h9-11H,3-8H2,1-2H3. The first-order valence-electron chi connectivity index (χ1n) is 7.13. The number of rotatable bonds is 4. The Kier molecular flexibility index (Phi) is 4.62. The number of nitrogens with zero attached hydrogens (tertiary/aromatic N) is 1. The summed E-state index contributed by atoms with van der Waals surface area (Å²) in [7, 11) is 1.19. The number of likely N-dealkylation sites (tertiary alicyclic amines) is 1. The maximum Gasteiger partial charge on any atom is 0.410 e. The summed E-state index contributed by atoms with van der Waals surface area (Å²) in [5.74, 6) is -0.683. The van der Waals surface area contributed by atoms with Crippen molar-refractivity contribution >= 4 is 17.8 Å². The van der Waals surface area contributed by atoms with Crippen LogP contribution >= 0.6 is 0 Å². The highest BCUT2D eigenvalue weighted by Gasteiger charge is 2.47. The van der Waals surface area contributed by atoms with E-state index in [1.165, 1.54) is 7.11 Å². The maximum absolute atomic E-state index is 12.0. The van der Waals surface area contributed by atoms with Crippen LogP contribution in [0.3, 0.4) is 0 Å². The van der Waals surface area contributed by atoms with E-state index in [1.54, 1.807) is 11.8 Å². The molecule has 6 nitrogen and oxygen atoms in total. The zero-order chi connectivity index (χ0) is 14.7. The van der Waals surface area contributed by atoms with E-state index in [0.717, 1.165) is 19.3 Å². The smallest absolute Gasteiger partial charge is 0.410 e. The Morgan fingerprint density at radius 3 is 2.65 bits per heavy atom. The average molecular weight is 283 g/mol. The molecule has 2 fully saturated rings. The van der Waals surface area contributed by atoms with Crippen molar-refractivity contribution in [2.45, 2.75) is 38.6 Å². The molecule has 0 N–H and O–H groups in total. The molecule has 0 spiro atoms. The van der Waals surface area contributed by atoms with E-state index in [9.17, 15) is 14.4 Å². The number of carbonyl (C=O) groups is 3. The first-order chi connectivity index (χ1) is 9.58. The lowest BCUT2D eigenvalue weighted by Crippen LogP contribution is -2.40. The number of methoxy groups -OCH3 is 1. The van der Waals surface area contributed by atoms with Crippen LogP contribution in [0.25, 0.3) is 0 Å². The van der Waals surface area contributed by atoms with E-state index in [0.29, 0.717) is 25.0 Å². The van der Waals surface area contributed by atoms with Crippen molar-refractivity contribution in [3.05, 3.63) is 0 Å². The number of carbonyl (C=O) groups excluding carboxylic acids is 3. The number of esters is 1. The fourth-order valence-corrected chi connectivity index (χ4v) is 3.48. The van der Waals surface area contributed by atoms with E-state index in [-0.39, 0.29) is 18.6 Å². The van der Waals surface area contributed by atoms with Crippen molar-refractivity contribution in [3.63, 3.8) is 0 Å². The molecule has 20 heavy (non-hydrogen) atoms. The van der Waals surface area contributed by atoms with Gasteiger partial charge in [-0.25, -0.2) is 9.59 Å². The van der Waals surface area contributed by atoms with Crippen molar-refractivity contribution in [1.82, 2.24) is 4.90 Å². The summed E-state index contributed by atoms with van der Waals surface area (Å²) in [6.07, 6.45) is 2.84. The Balaban J connectivity index is 2.09. The summed E-state index contributed by atoms with van der Waals surface area (Å²) in [6, 6.07) is -0.229. The number of Topliss-reactive ketones (excluding diaryl/α,β-unsaturated/α-hetero) is 1. The lowest BCUT2D eigenvalue weighted by Gasteiger charge is -2.26. The quantitative estimate of drug-likeness (QED) is 0.575. The summed E-state index contributed by atoms with van der Waals surface area (Å²) in [5, 5.41) is 0. The molecular formula is C14H21NO5. The van der Waals surface area contributed by atoms with Crippen LogP contribution in [-0.4, -0.2) is 49.0 Å². The molecule has 1 heterocycles. The Labute approximate surface area is 118 Å². The van der Waals surface area contributed by atoms with Gasteiger partial charge in [-0.3, -0.25) is 4.79 Å². The van der Waals surface area contributed by atoms with Crippen molar-refractivity contribution < 1.29 is 23.9 Å². The lowest BCUT2D eigenvalue weighted by atomic mass is 9.91. The first-order valence-corrected chi connectivity index (χ1v) is 7.13. The Morgan fingerprint density at radius 1 is 1.25 bits per heavy atom. The highest BCUT2D eigenvalue weighted by atomic mass is 16.6. The second-order valence-electron chi connectivity index (χ2n) is 5.39. The molecule has 0 bridgehead atoms. The third-order valence-electron chi connectivity index (χ3n) is 4.35. The third kappa shape index (κ3) is 2.78. The van der Waals surface area contributed by atoms with Gasteiger partial charge in [-0.2, -0.15) is 0 Å². The van der Waals surface area contributed by atoms with Crippen molar-refractivity contribution in [1.29, 1.82) is 0 Å². The molecule has 3 atom stereocenters. The minimum absolute atomic E-state index is 0.0344. The van der Waals surface area contributed by atoms with Gasteiger partial charge in [-0.05, 0) is 31.6 Å². The van der Waals surface area contributed by atoms with Gasteiger partial charge >= 0.3 is 12.1 Å². The van der Waals surface area contributed by atoms with Gasteiger partial charge < -0.3 is 14.4 Å². The predicted octanol–water partition coefficient (Wildman–Crippen LogP) is 1.38. The maximum atomic E-state index is 12.0. The van der Waals surface area contributed by atoms with Crippen LogP contribution < -0.4 is 0 Å². The van der Waals surface area contributed by atoms with Gasteiger partial charge in [0.05, 0.1) is 13.7 Å². The molecule has 2 aliphatic rings.